The standard InChI is InChI=1S/C22H14N2O4/c1-28-14-10-8-13(9-11-14)19(25)18-20(26)22(27)24-16-7-3-5-12-4-2-6-15(17(12)16)23-21(18)24/h2-11,25H,1H3/b19-18-. The largest absolute Gasteiger partial charge is 0.506 e. The first-order chi connectivity index (χ1) is 13.6. The fourth-order valence-corrected chi connectivity index (χ4v) is 3.65. The van der Waals surface area contributed by atoms with Gasteiger partial charge < -0.3 is 9.84 Å². The molecule has 0 saturated carbocycles. The van der Waals surface area contributed by atoms with Crippen LogP contribution in [0.25, 0.3) is 33.4 Å². The smallest absolute Gasteiger partial charge is 0.305 e. The molecule has 0 aliphatic carbocycles. The summed E-state index contributed by atoms with van der Waals surface area (Å²) in [6.45, 7) is 0. The van der Waals surface area contributed by atoms with Crippen LogP contribution < -0.4 is 20.9 Å². The summed E-state index contributed by atoms with van der Waals surface area (Å²) in [4.78, 5) is 30.1. The van der Waals surface area contributed by atoms with Crippen LogP contribution in [0.15, 0.2) is 70.3 Å². The summed E-state index contributed by atoms with van der Waals surface area (Å²) in [5.74, 6) is 0.482. The molecule has 0 bridgehead atoms. The Morgan fingerprint density at radius 3 is 2.43 bits per heavy atom. The van der Waals surface area contributed by atoms with Gasteiger partial charge in [-0.3, -0.25) is 14.2 Å². The lowest BCUT2D eigenvalue weighted by Gasteiger charge is -2.11. The van der Waals surface area contributed by atoms with Crippen LogP contribution in [0.4, 0.5) is 0 Å². The number of aromatic nitrogens is 2. The molecule has 6 heteroatoms. The van der Waals surface area contributed by atoms with Gasteiger partial charge >= 0.3 is 5.56 Å². The average molecular weight is 370 g/mol. The minimum absolute atomic E-state index is 0.0957. The van der Waals surface area contributed by atoms with Gasteiger partial charge in [-0.15, -0.1) is 0 Å². The summed E-state index contributed by atoms with van der Waals surface area (Å²) in [5, 5.41) is 12.4. The van der Waals surface area contributed by atoms with E-state index in [-0.39, 0.29) is 16.8 Å². The van der Waals surface area contributed by atoms with E-state index < -0.39 is 11.0 Å². The highest BCUT2D eigenvalue weighted by Crippen LogP contribution is 2.26. The Morgan fingerprint density at radius 1 is 1.00 bits per heavy atom. The Hall–Kier alpha value is -3.93. The van der Waals surface area contributed by atoms with Crippen LogP contribution in [-0.4, -0.2) is 21.8 Å². The molecule has 0 aromatic heterocycles. The molecule has 3 aromatic carbocycles. The summed E-state index contributed by atoms with van der Waals surface area (Å²) in [7, 11) is 1.54. The van der Waals surface area contributed by atoms with Gasteiger partial charge in [-0.2, -0.15) is 0 Å². The van der Waals surface area contributed by atoms with Gasteiger partial charge in [0.1, 0.15) is 16.7 Å². The maximum absolute atomic E-state index is 12.8. The number of ether oxygens (including phenoxy) is 1. The van der Waals surface area contributed by atoms with Crippen molar-refractivity contribution in [3.05, 3.63) is 92.0 Å². The first-order valence-corrected chi connectivity index (χ1v) is 8.67. The van der Waals surface area contributed by atoms with E-state index in [4.69, 9.17) is 4.74 Å². The maximum atomic E-state index is 12.8. The summed E-state index contributed by atoms with van der Waals surface area (Å²) in [6.07, 6.45) is 0. The second kappa shape index (κ2) is 5.79. The third-order valence-corrected chi connectivity index (χ3v) is 4.99. The van der Waals surface area contributed by atoms with Crippen molar-refractivity contribution >= 4 is 27.6 Å². The van der Waals surface area contributed by atoms with Crippen LogP contribution in [0.1, 0.15) is 5.56 Å². The summed E-state index contributed by atoms with van der Waals surface area (Å²) >= 11 is 0. The van der Waals surface area contributed by atoms with Crippen LogP contribution in [0.3, 0.4) is 0 Å². The second-order valence-corrected chi connectivity index (χ2v) is 6.51. The number of fused-ring (bicyclic) bond motifs is 2. The topological polar surface area (TPSA) is 81.4 Å². The molecule has 2 aliphatic heterocycles. The van der Waals surface area contributed by atoms with Crippen LogP contribution in [0, 0.1) is 0 Å². The Bertz CT molecular complexity index is 1480. The number of hydrogen-bond donors (Lipinski definition) is 1. The van der Waals surface area contributed by atoms with Crippen molar-refractivity contribution in [2.75, 3.05) is 7.11 Å². The van der Waals surface area contributed by atoms with Crippen molar-refractivity contribution in [2.24, 2.45) is 0 Å². The number of benzene rings is 3. The molecule has 0 amide bonds. The Labute approximate surface area is 158 Å². The Kier molecular flexibility index (Phi) is 3.36. The summed E-state index contributed by atoms with van der Waals surface area (Å²) in [6, 6.07) is 17.7. The van der Waals surface area contributed by atoms with E-state index in [1.54, 1.807) is 37.4 Å². The number of aliphatic hydroxyl groups excluding tert-OH is 1. The summed E-state index contributed by atoms with van der Waals surface area (Å²) < 4.78 is 6.40. The normalized spacial score (nSPS) is 12.8. The van der Waals surface area contributed by atoms with E-state index >= 15 is 0 Å². The van der Waals surface area contributed by atoms with Crippen molar-refractivity contribution in [3.8, 4) is 11.6 Å². The molecule has 0 radical (unpaired) electrons. The molecular formula is C22H14N2O4. The van der Waals surface area contributed by atoms with Gasteiger partial charge in [0.05, 0.1) is 18.1 Å². The van der Waals surface area contributed by atoms with E-state index in [1.807, 2.05) is 30.3 Å². The van der Waals surface area contributed by atoms with E-state index in [9.17, 15) is 14.7 Å². The van der Waals surface area contributed by atoms with Gasteiger partial charge in [0, 0.05) is 10.9 Å². The molecule has 136 valence electrons. The maximum Gasteiger partial charge on any atom is 0.305 e. The molecule has 28 heavy (non-hydrogen) atoms. The number of methoxy groups -OCH3 is 1. The van der Waals surface area contributed by atoms with E-state index in [1.165, 1.54) is 4.57 Å². The third kappa shape index (κ3) is 2.11. The molecule has 0 unspecified atom stereocenters. The van der Waals surface area contributed by atoms with E-state index in [0.717, 1.165) is 10.8 Å². The molecule has 0 fully saturated rings. The molecule has 3 aromatic rings. The number of nitrogens with zero attached hydrogens (tertiary/aromatic N) is 2. The Balaban J connectivity index is 1.96. The molecule has 2 heterocycles. The Morgan fingerprint density at radius 2 is 1.71 bits per heavy atom. The van der Waals surface area contributed by atoms with E-state index in [2.05, 4.69) is 4.98 Å². The first kappa shape index (κ1) is 16.3. The monoisotopic (exact) mass is 370 g/mol. The van der Waals surface area contributed by atoms with E-state index in [0.29, 0.717) is 22.3 Å². The van der Waals surface area contributed by atoms with Gasteiger partial charge in [-0.05, 0) is 41.8 Å². The molecule has 0 saturated heterocycles. The second-order valence-electron chi connectivity index (χ2n) is 6.51. The number of rotatable bonds is 2. The fraction of sp³-hybridized carbons (Fsp3) is 0.0455. The summed E-state index contributed by atoms with van der Waals surface area (Å²) in [5.41, 5.74) is 0.141. The molecule has 0 atom stereocenters. The predicted molar refractivity (Wildman–Crippen MR) is 107 cm³/mol. The van der Waals surface area contributed by atoms with Gasteiger partial charge in [0.15, 0.2) is 5.82 Å². The van der Waals surface area contributed by atoms with Crippen LogP contribution in [0.5, 0.6) is 5.75 Å². The highest BCUT2D eigenvalue weighted by molar-refractivity contribution is 6.07. The van der Waals surface area contributed by atoms with Gasteiger partial charge in [0.2, 0.25) is 0 Å². The van der Waals surface area contributed by atoms with Crippen molar-refractivity contribution in [1.82, 2.24) is 9.55 Å². The molecular weight excluding hydrogens is 356 g/mol. The average Bonchev–Trinajstić information content (AvgIpc) is 2.98. The van der Waals surface area contributed by atoms with Crippen molar-refractivity contribution in [3.63, 3.8) is 0 Å². The third-order valence-electron chi connectivity index (χ3n) is 4.99. The van der Waals surface area contributed by atoms with Crippen LogP contribution in [-0.2, 0) is 0 Å². The fourth-order valence-electron chi connectivity index (χ4n) is 3.65. The molecule has 2 aliphatic rings. The van der Waals surface area contributed by atoms with Gasteiger partial charge in [0.25, 0.3) is 5.43 Å². The molecule has 1 N–H and O–H groups in total. The van der Waals surface area contributed by atoms with Gasteiger partial charge in [-0.1, -0.05) is 24.3 Å². The van der Waals surface area contributed by atoms with Crippen LogP contribution >= 0.6 is 0 Å². The minimum Gasteiger partial charge on any atom is -0.506 e. The highest BCUT2D eigenvalue weighted by atomic mass is 16.5. The van der Waals surface area contributed by atoms with Crippen molar-refractivity contribution < 1.29 is 9.84 Å². The quantitative estimate of drug-likeness (QED) is 0.482. The zero-order valence-electron chi connectivity index (χ0n) is 14.8. The lowest BCUT2D eigenvalue weighted by molar-refractivity contribution is 0.414. The molecule has 0 spiro atoms. The zero-order chi connectivity index (χ0) is 19.4. The minimum atomic E-state index is -0.781. The lowest BCUT2D eigenvalue weighted by Crippen LogP contribution is -2.33. The molecule has 6 nitrogen and oxygen atoms in total. The molecule has 5 rings (SSSR count). The lowest BCUT2D eigenvalue weighted by atomic mass is 10.1. The highest BCUT2D eigenvalue weighted by Gasteiger charge is 2.23. The van der Waals surface area contributed by atoms with Crippen molar-refractivity contribution in [1.29, 1.82) is 0 Å². The zero-order valence-corrected chi connectivity index (χ0v) is 14.8. The number of hydrogen-bond acceptors (Lipinski definition) is 5. The number of aliphatic hydroxyl groups is 1. The van der Waals surface area contributed by atoms with Crippen molar-refractivity contribution in [2.45, 2.75) is 0 Å². The van der Waals surface area contributed by atoms with Crippen LogP contribution in [0.2, 0.25) is 0 Å². The first-order valence-electron chi connectivity index (χ1n) is 8.67. The van der Waals surface area contributed by atoms with Gasteiger partial charge in [-0.25, -0.2) is 4.98 Å². The predicted octanol–water partition coefficient (Wildman–Crippen LogP) is 2.22. The SMILES string of the molecule is COc1ccc(/C(O)=c2/c3nc4cccc5cccc(c54)n-3c(=O)c2=O)cc1.